The van der Waals surface area contributed by atoms with Crippen LogP contribution < -0.4 is 0 Å². The predicted molar refractivity (Wildman–Crippen MR) is 164 cm³/mol. The van der Waals surface area contributed by atoms with Gasteiger partial charge in [0.05, 0.1) is 11.6 Å². The zero-order valence-corrected chi connectivity index (χ0v) is 22.4. The van der Waals surface area contributed by atoms with E-state index in [-0.39, 0.29) is 6.04 Å². The van der Waals surface area contributed by atoms with Gasteiger partial charge < -0.3 is 8.98 Å². The van der Waals surface area contributed by atoms with Crippen molar-refractivity contribution < 1.29 is 4.42 Å². The second kappa shape index (κ2) is 8.21. The van der Waals surface area contributed by atoms with Gasteiger partial charge in [0, 0.05) is 31.5 Å². The molecule has 0 spiro atoms. The quantitative estimate of drug-likeness (QED) is 0.208. The first-order chi connectivity index (χ1) is 18.7. The molecule has 7 aromatic rings. The maximum atomic E-state index is 6.14. The highest BCUT2D eigenvalue weighted by Crippen LogP contribution is 2.42. The lowest BCUT2D eigenvalue weighted by Crippen LogP contribution is -2.15. The van der Waals surface area contributed by atoms with Gasteiger partial charge in [-0.3, -0.25) is 0 Å². The second-order valence-corrected chi connectivity index (χ2v) is 11.2. The van der Waals surface area contributed by atoms with Crippen LogP contribution in [0.25, 0.3) is 65.6 Å². The lowest BCUT2D eigenvalue weighted by molar-refractivity contribution is 0.510. The summed E-state index contributed by atoms with van der Waals surface area (Å²) in [4.78, 5) is 0. The van der Waals surface area contributed by atoms with Gasteiger partial charge in [-0.25, -0.2) is 0 Å². The highest BCUT2D eigenvalue weighted by Gasteiger charge is 2.23. The molecule has 0 saturated heterocycles. The van der Waals surface area contributed by atoms with Gasteiger partial charge in [-0.05, 0) is 70.3 Å². The van der Waals surface area contributed by atoms with Gasteiger partial charge in [0.2, 0.25) is 0 Å². The normalized spacial score (nSPS) is 17.5. The number of halogens is 1. The number of nitrogens with zero attached hydrogens (tertiary/aromatic N) is 1. The van der Waals surface area contributed by atoms with Crippen molar-refractivity contribution in [2.45, 2.75) is 13.0 Å². The van der Waals surface area contributed by atoms with Crippen molar-refractivity contribution in [1.82, 2.24) is 4.57 Å². The molecule has 2 aromatic heterocycles. The highest BCUT2D eigenvalue weighted by molar-refractivity contribution is 9.10. The van der Waals surface area contributed by atoms with Crippen molar-refractivity contribution >= 4 is 70.4 Å². The van der Waals surface area contributed by atoms with Gasteiger partial charge in [0.15, 0.2) is 0 Å². The zero-order valence-electron chi connectivity index (χ0n) is 20.9. The topological polar surface area (TPSA) is 18.1 Å². The number of allylic oxidation sites excluding steroid dienone is 4. The molecular formula is C35H24BrNO. The van der Waals surface area contributed by atoms with E-state index in [2.05, 4.69) is 131 Å². The first-order valence-corrected chi connectivity index (χ1v) is 13.9. The summed E-state index contributed by atoms with van der Waals surface area (Å²) >= 11 is 3.73. The molecule has 1 aliphatic carbocycles. The Labute approximate surface area is 228 Å². The lowest BCUT2D eigenvalue weighted by atomic mass is 9.96. The Morgan fingerprint density at radius 2 is 1.45 bits per heavy atom. The summed E-state index contributed by atoms with van der Waals surface area (Å²) in [6.07, 6.45) is 8.99. The molecule has 1 aliphatic rings. The van der Waals surface area contributed by atoms with Crippen LogP contribution in [-0.4, -0.2) is 4.57 Å². The van der Waals surface area contributed by atoms with Crippen LogP contribution in [0.2, 0.25) is 0 Å². The molecule has 0 fully saturated rings. The summed E-state index contributed by atoms with van der Waals surface area (Å²) in [5.41, 5.74) is 6.76. The molecule has 0 saturated carbocycles. The lowest BCUT2D eigenvalue weighted by Gasteiger charge is -2.24. The predicted octanol–water partition coefficient (Wildman–Crippen LogP) is 10.6. The summed E-state index contributed by atoms with van der Waals surface area (Å²) in [5.74, 6) is 0.417. The summed E-state index contributed by atoms with van der Waals surface area (Å²) in [5, 5.41) is 7.45. The Balaban J connectivity index is 1.42. The summed E-state index contributed by atoms with van der Waals surface area (Å²) < 4.78 is 9.73. The van der Waals surface area contributed by atoms with Crippen LogP contribution in [-0.2, 0) is 0 Å². The third-order valence-corrected chi connectivity index (χ3v) is 8.80. The van der Waals surface area contributed by atoms with Crippen molar-refractivity contribution in [2.75, 3.05) is 0 Å². The number of benzene rings is 5. The summed E-state index contributed by atoms with van der Waals surface area (Å²) in [7, 11) is 0. The molecule has 0 amide bonds. The minimum absolute atomic E-state index is 0.276. The molecule has 8 rings (SSSR count). The van der Waals surface area contributed by atoms with E-state index in [9.17, 15) is 0 Å². The average Bonchev–Trinajstić information content (AvgIpc) is 3.49. The van der Waals surface area contributed by atoms with Crippen LogP contribution in [0.5, 0.6) is 0 Å². The SMILES string of the molecule is CC1C=CC=CC1n1c2ccc(-c3ccc4oc5cccc(Br)c5c4c3)cc2c2c3ccccc3ccc21. The monoisotopic (exact) mass is 553 g/mol. The third kappa shape index (κ3) is 3.12. The van der Waals surface area contributed by atoms with Crippen molar-refractivity contribution in [2.24, 2.45) is 5.92 Å². The first-order valence-electron chi connectivity index (χ1n) is 13.1. The minimum atomic E-state index is 0.276. The molecule has 0 bridgehead atoms. The van der Waals surface area contributed by atoms with E-state index in [0.29, 0.717) is 5.92 Å². The largest absolute Gasteiger partial charge is 0.456 e. The van der Waals surface area contributed by atoms with Gasteiger partial charge in [0.25, 0.3) is 0 Å². The Kier molecular flexibility index (Phi) is 4.74. The smallest absolute Gasteiger partial charge is 0.136 e. The summed E-state index contributed by atoms with van der Waals surface area (Å²) in [6, 6.07) is 33.2. The molecule has 2 atom stereocenters. The Hall–Kier alpha value is -4.08. The van der Waals surface area contributed by atoms with E-state index >= 15 is 0 Å². The highest BCUT2D eigenvalue weighted by atomic mass is 79.9. The van der Waals surface area contributed by atoms with E-state index in [0.717, 1.165) is 26.4 Å². The van der Waals surface area contributed by atoms with Gasteiger partial charge in [-0.15, -0.1) is 0 Å². The van der Waals surface area contributed by atoms with Crippen molar-refractivity contribution in [3.8, 4) is 11.1 Å². The molecule has 0 N–H and O–H groups in total. The molecule has 2 unspecified atom stereocenters. The third-order valence-electron chi connectivity index (χ3n) is 8.14. The van der Waals surface area contributed by atoms with E-state index in [1.54, 1.807) is 0 Å². The van der Waals surface area contributed by atoms with E-state index in [1.165, 1.54) is 43.7 Å². The molecule has 182 valence electrons. The molecule has 2 heterocycles. The maximum absolute atomic E-state index is 6.14. The van der Waals surface area contributed by atoms with Crippen LogP contribution >= 0.6 is 15.9 Å². The molecule has 5 aromatic carbocycles. The van der Waals surface area contributed by atoms with Crippen LogP contribution in [0.4, 0.5) is 0 Å². The minimum Gasteiger partial charge on any atom is -0.456 e. The van der Waals surface area contributed by atoms with Crippen molar-refractivity contribution in [3.05, 3.63) is 120 Å². The average molecular weight is 554 g/mol. The Morgan fingerprint density at radius 1 is 0.658 bits per heavy atom. The van der Waals surface area contributed by atoms with Gasteiger partial charge in [-0.1, -0.05) is 95.7 Å². The number of rotatable bonds is 2. The Bertz CT molecular complexity index is 2120. The number of furan rings is 1. The second-order valence-electron chi connectivity index (χ2n) is 10.3. The molecule has 0 aliphatic heterocycles. The van der Waals surface area contributed by atoms with Gasteiger partial charge in [-0.2, -0.15) is 0 Å². The van der Waals surface area contributed by atoms with Crippen LogP contribution in [0, 0.1) is 5.92 Å². The number of hydrogen-bond donors (Lipinski definition) is 0. The van der Waals surface area contributed by atoms with Crippen molar-refractivity contribution in [3.63, 3.8) is 0 Å². The van der Waals surface area contributed by atoms with E-state index in [1.807, 2.05) is 12.1 Å². The fourth-order valence-electron chi connectivity index (χ4n) is 6.31. The van der Waals surface area contributed by atoms with Gasteiger partial charge in [0.1, 0.15) is 11.2 Å². The number of fused-ring (bicyclic) bond motifs is 8. The molecule has 38 heavy (non-hydrogen) atoms. The number of hydrogen-bond acceptors (Lipinski definition) is 1. The van der Waals surface area contributed by atoms with Crippen LogP contribution in [0.1, 0.15) is 13.0 Å². The molecule has 2 nitrogen and oxygen atoms in total. The standard InChI is InChI=1S/C35H24BrNO/c1-21-7-2-5-11-29(21)37-30-16-14-23(19-26(30)34-25-9-4-3-8-22(25)13-17-31(34)37)24-15-18-32-27(20-24)35-28(36)10-6-12-33(35)38-32/h2-21,29H,1H3. The van der Waals surface area contributed by atoms with Gasteiger partial charge >= 0.3 is 0 Å². The van der Waals surface area contributed by atoms with Crippen LogP contribution in [0.15, 0.2) is 124 Å². The van der Waals surface area contributed by atoms with E-state index < -0.39 is 0 Å². The number of aromatic nitrogens is 1. The molecule has 0 radical (unpaired) electrons. The summed E-state index contributed by atoms with van der Waals surface area (Å²) in [6.45, 7) is 2.31. The van der Waals surface area contributed by atoms with Crippen LogP contribution in [0.3, 0.4) is 0 Å². The first kappa shape index (κ1) is 22.0. The van der Waals surface area contributed by atoms with Crippen molar-refractivity contribution in [1.29, 1.82) is 0 Å². The fraction of sp³-hybridized carbons (Fsp3) is 0.0857. The Morgan fingerprint density at radius 3 is 2.34 bits per heavy atom. The maximum Gasteiger partial charge on any atom is 0.136 e. The molecular weight excluding hydrogens is 530 g/mol. The fourth-order valence-corrected chi connectivity index (χ4v) is 6.87. The zero-order chi connectivity index (χ0) is 25.4. The molecule has 3 heteroatoms. The van der Waals surface area contributed by atoms with E-state index in [4.69, 9.17) is 4.42 Å².